The van der Waals surface area contributed by atoms with Gasteiger partial charge in [-0.15, -0.1) is 23.1 Å². The van der Waals surface area contributed by atoms with Crippen LogP contribution >= 0.6 is 23.1 Å². The van der Waals surface area contributed by atoms with Crippen LogP contribution in [-0.4, -0.2) is 4.98 Å². The van der Waals surface area contributed by atoms with E-state index in [4.69, 9.17) is 5.73 Å². The van der Waals surface area contributed by atoms with E-state index in [0.717, 1.165) is 26.9 Å². The molecule has 2 aromatic carbocycles. The molecule has 0 bridgehead atoms. The molecule has 2 N–H and O–H groups in total. The van der Waals surface area contributed by atoms with Gasteiger partial charge in [0, 0.05) is 16.3 Å². The molecule has 0 saturated heterocycles. The Morgan fingerprint density at radius 3 is 2.48 bits per heavy atom. The first-order valence-corrected chi connectivity index (χ1v) is 8.68. The summed E-state index contributed by atoms with van der Waals surface area (Å²) in [6.45, 7) is 6.31. The molecule has 0 atom stereocenters. The van der Waals surface area contributed by atoms with Gasteiger partial charge in [0.25, 0.3) is 0 Å². The van der Waals surface area contributed by atoms with Gasteiger partial charge in [0.05, 0.1) is 15.2 Å². The van der Waals surface area contributed by atoms with Gasteiger partial charge in [-0.05, 0) is 38.5 Å². The number of thiazole rings is 1. The minimum absolute atomic E-state index is 0.848. The normalized spacial score (nSPS) is 11.2. The summed E-state index contributed by atoms with van der Waals surface area (Å²) in [6.07, 6.45) is 0. The Morgan fingerprint density at radius 1 is 1.05 bits per heavy atom. The molecule has 0 aliphatic carbocycles. The smallest absolute Gasteiger partial charge is 0.0907 e. The quantitative estimate of drug-likeness (QED) is 0.540. The van der Waals surface area contributed by atoms with Crippen molar-refractivity contribution in [1.82, 2.24) is 4.98 Å². The zero-order chi connectivity index (χ0) is 15.0. The molecule has 4 heteroatoms. The maximum absolute atomic E-state index is 6.18. The van der Waals surface area contributed by atoms with E-state index in [0.29, 0.717) is 0 Å². The van der Waals surface area contributed by atoms with Gasteiger partial charge in [0.1, 0.15) is 0 Å². The predicted molar refractivity (Wildman–Crippen MR) is 94.2 cm³/mol. The average Bonchev–Trinajstić information content (AvgIpc) is 2.74. The van der Waals surface area contributed by atoms with Crippen molar-refractivity contribution in [3.8, 4) is 0 Å². The summed E-state index contributed by atoms with van der Waals surface area (Å²) < 4.78 is 1.17. The maximum atomic E-state index is 6.18. The largest absolute Gasteiger partial charge is 0.398 e. The Hall–Kier alpha value is -1.52. The Bertz CT molecular complexity index is 786. The summed E-state index contributed by atoms with van der Waals surface area (Å²) in [5.74, 6) is 0.932. The second-order valence-corrected chi connectivity index (χ2v) is 7.63. The van der Waals surface area contributed by atoms with Gasteiger partial charge in [-0.2, -0.15) is 0 Å². The summed E-state index contributed by atoms with van der Waals surface area (Å²) >= 11 is 3.47. The molecular formula is C17H18N2S2. The highest BCUT2D eigenvalue weighted by atomic mass is 32.2. The number of nitrogen functional groups attached to an aromatic ring is 1. The molecule has 0 amide bonds. The van der Waals surface area contributed by atoms with Gasteiger partial charge in [-0.25, -0.2) is 4.98 Å². The Labute approximate surface area is 133 Å². The monoisotopic (exact) mass is 314 g/mol. The van der Waals surface area contributed by atoms with Crippen LogP contribution in [0.3, 0.4) is 0 Å². The lowest BCUT2D eigenvalue weighted by Gasteiger charge is -2.07. The van der Waals surface area contributed by atoms with Gasteiger partial charge >= 0.3 is 0 Å². The summed E-state index contributed by atoms with van der Waals surface area (Å²) in [5.41, 5.74) is 12.0. The number of hydrogen-bond donors (Lipinski definition) is 1. The lowest BCUT2D eigenvalue weighted by Crippen LogP contribution is -1.90. The minimum atomic E-state index is 0.848. The number of aryl methyl sites for hydroxylation is 3. The van der Waals surface area contributed by atoms with Gasteiger partial charge in [-0.1, -0.05) is 29.3 Å². The van der Waals surface area contributed by atoms with E-state index in [1.54, 1.807) is 23.1 Å². The number of anilines is 1. The lowest BCUT2D eigenvalue weighted by molar-refractivity contribution is 1.29. The van der Waals surface area contributed by atoms with Crippen LogP contribution in [0.2, 0.25) is 0 Å². The van der Waals surface area contributed by atoms with Crippen molar-refractivity contribution in [3.63, 3.8) is 0 Å². The first-order valence-electron chi connectivity index (χ1n) is 6.88. The first kappa shape index (κ1) is 14.4. The molecule has 0 spiro atoms. The number of thioether (sulfide) groups is 1. The highest BCUT2D eigenvalue weighted by molar-refractivity contribution is 7.98. The topological polar surface area (TPSA) is 38.9 Å². The molecule has 0 saturated carbocycles. The number of hydrogen-bond acceptors (Lipinski definition) is 4. The molecule has 0 aliphatic rings. The Kier molecular flexibility index (Phi) is 3.91. The van der Waals surface area contributed by atoms with Crippen LogP contribution in [0.5, 0.6) is 0 Å². The van der Waals surface area contributed by atoms with E-state index in [2.05, 4.69) is 43.1 Å². The number of aromatic nitrogens is 1. The molecule has 2 nitrogen and oxygen atoms in total. The maximum Gasteiger partial charge on any atom is 0.0907 e. The fraction of sp³-hybridized carbons (Fsp3) is 0.235. The lowest BCUT2D eigenvalue weighted by atomic mass is 10.1. The van der Waals surface area contributed by atoms with Gasteiger partial charge in [-0.3, -0.25) is 0 Å². The number of fused-ring (bicyclic) bond motifs is 1. The molecule has 108 valence electrons. The molecule has 1 aromatic heterocycles. The molecule has 3 rings (SSSR count). The molecular weight excluding hydrogens is 296 g/mol. The minimum Gasteiger partial charge on any atom is -0.398 e. The molecule has 0 unspecified atom stereocenters. The van der Waals surface area contributed by atoms with Crippen LogP contribution in [0.4, 0.5) is 5.69 Å². The fourth-order valence-corrected chi connectivity index (χ4v) is 4.29. The standard InChI is InChI=1S/C17H18N2S2/c1-10-4-11(2)6-13(5-10)9-20-16-8-15-17(7-14(16)18)21-12(3)19-15/h4-8H,9,18H2,1-3H3. The van der Waals surface area contributed by atoms with Crippen LogP contribution < -0.4 is 5.73 Å². The molecule has 21 heavy (non-hydrogen) atoms. The molecule has 1 heterocycles. The van der Waals surface area contributed by atoms with Crippen LogP contribution in [0.25, 0.3) is 10.2 Å². The van der Waals surface area contributed by atoms with Crippen molar-refractivity contribution in [1.29, 1.82) is 0 Å². The van der Waals surface area contributed by atoms with Crippen molar-refractivity contribution in [3.05, 3.63) is 52.0 Å². The second-order valence-electron chi connectivity index (χ2n) is 5.38. The third kappa shape index (κ3) is 3.22. The third-order valence-corrected chi connectivity index (χ3v) is 5.38. The fourth-order valence-electron chi connectivity index (χ4n) is 2.52. The average molecular weight is 314 g/mol. The number of nitrogens with two attached hydrogens (primary N) is 1. The highest BCUT2D eigenvalue weighted by Gasteiger charge is 2.07. The van der Waals surface area contributed by atoms with E-state index in [9.17, 15) is 0 Å². The van der Waals surface area contributed by atoms with Crippen LogP contribution in [0.1, 0.15) is 21.7 Å². The van der Waals surface area contributed by atoms with E-state index < -0.39 is 0 Å². The van der Waals surface area contributed by atoms with Crippen LogP contribution in [0, 0.1) is 20.8 Å². The summed E-state index contributed by atoms with van der Waals surface area (Å²) in [6, 6.07) is 10.8. The SMILES string of the molecule is Cc1cc(C)cc(CSc2cc3nc(C)sc3cc2N)c1. The zero-order valence-corrected chi connectivity index (χ0v) is 14.1. The van der Waals surface area contributed by atoms with E-state index in [-0.39, 0.29) is 0 Å². The van der Waals surface area contributed by atoms with Gasteiger partial charge in [0.2, 0.25) is 0 Å². The zero-order valence-electron chi connectivity index (χ0n) is 12.4. The molecule has 0 radical (unpaired) electrons. The Morgan fingerprint density at radius 2 is 1.76 bits per heavy atom. The summed E-state index contributed by atoms with van der Waals surface area (Å²) in [7, 11) is 0. The van der Waals surface area contributed by atoms with E-state index in [1.165, 1.54) is 21.4 Å². The number of nitrogens with zero attached hydrogens (tertiary/aromatic N) is 1. The van der Waals surface area contributed by atoms with Gasteiger partial charge in [0.15, 0.2) is 0 Å². The summed E-state index contributed by atoms with van der Waals surface area (Å²) in [5, 5.41) is 1.08. The third-order valence-electron chi connectivity index (χ3n) is 3.30. The van der Waals surface area contributed by atoms with Crippen LogP contribution in [-0.2, 0) is 5.75 Å². The van der Waals surface area contributed by atoms with Crippen molar-refractivity contribution in [2.45, 2.75) is 31.4 Å². The van der Waals surface area contributed by atoms with Crippen molar-refractivity contribution in [2.24, 2.45) is 0 Å². The van der Waals surface area contributed by atoms with E-state index >= 15 is 0 Å². The van der Waals surface area contributed by atoms with Crippen LogP contribution in [0.15, 0.2) is 35.2 Å². The predicted octanol–water partition coefficient (Wildman–Crippen LogP) is 5.10. The Balaban J connectivity index is 1.85. The van der Waals surface area contributed by atoms with Crippen molar-refractivity contribution in [2.75, 3.05) is 5.73 Å². The first-order chi connectivity index (χ1) is 10.0. The molecule has 0 aliphatic heterocycles. The van der Waals surface area contributed by atoms with Gasteiger partial charge < -0.3 is 5.73 Å². The van der Waals surface area contributed by atoms with Crippen molar-refractivity contribution >= 4 is 39.0 Å². The number of benzene rings is 2. The van der Waals surface area contributed by atoms with E-state index in [1.807, 2.05) is 13.0 Å². The molecule has 0 fully saturated rings. The number of rotatable bonds is 3. The molecule has 3 aromatic rings. The van der Waals surface area contributed by atoms with Crippen molar-refractivity contribution < 1.29 is 0 Å². The summed E-state index contributed by atoms with van der Waals surface area (Å²) in [4.78, 5) is 5.67. The second kappa shape index (κ2) is 5.70. The highest BCUT2D eigenvalue weighted by Crippen LogP contribution is 2.34.